The molecule has 0 spiro atoms. The summed E-state index contributed by atoms with van der Waals surface area (Å²) in [6.45, 7) is 0. The van der Waals surface area contributed by atoms with Crippen LogP contribution in [0.15, 0.2) is 28.6 Å². The van der Waals surface area contributed by atoms with Gasteiger partial charge in [-0.05, 0) is 36.6 Å². The minimum Gasteiger partial charge on any atom is -0.349 e. The van der Waals surface area contributed by atoms with Gasteiger partial charge in [-0.3, -0.25) is 4.79 Å². The number of hydrogen-bond donors (Lipinski definition) is 3. The molecule has 1 amide bonds. The first kappa shape index (κ1) is 14.1. The van der Waals surface area contributed by atoms with E-state index in [1.807, 2.05) is 6.07 Å². The molecule has 1 aromatic carbocycles. The number of nitrogens with one attached hydrogen (secondary N) is 3. The third-order valence-corrected chi connectivity index (χ3v) is 3.91. The van der Waals surface area contributed by atoms with Crippen molar-refractivity contribution in [3.63, 3.8) is 0 Å². The average molecular weight is 296 g/mol. The van der Waals surface area contributed by atoms with Crippen LogP contribution in [0.1, 0.15) is 31.2 Å². The minimum absolute atomic E-state index is 0.0733. The molecule has 1 aromatic heterocycles. The smallest absolute Gasteiger partial charge is 0.323 e. The van der Waals surface area contributed by atoms with Crippen LogP contribution < -0.4 is 11.0 Å². The number of carbonyl (C=O) groups is 1. The van der Waals surface area contributed by atoms with Crippen molar-refractivity contribution in [1.29, 1.82) is 5.26 Å². The molecule has 1 saturated carbocycles. The summed E-state index contributed by atoms with van der Waals surface area (Å²) in [5.41, 5.74) is 1.82. The van der Waals surface area contributed by atoms with Gasteiger partial charge in [-0.25, -0.2) is 4.79 Å². The molecular formula is C16H16N4O2. The Morgan fingerprint density at radius 2 is 2.00 bits per heavy atom. The summed E-state index contributed by atoms with van der Waals surface area (Å²) >= 11 is 0. The summed E-state index contributed by atoms with van der Waals surface area (Å²) in [4.78, 5) is 28.7. The van der Waals surface area contributed by atoms with Crippen LogP contribution in [0, 0.1) is 11.3 Å². The summed E-state index contributed by atoms with van der Waals surface area (Å²) in [5.74, 6) is -0.336. The highest BCUT2D eigenvalue weighted by atomic mass is 16.2. The van der Waals surface area contributed by atoms with E-state index < -0.39 is 0 Å². The number of H-pyrrole nitrogens is 2. The lowest BCUT2D eigenvalue weighted by molar-refractivity contribution is -0.117. The number of hydrogen-bond acceptors (Lipinski definition) is 3. The Labute approximate surface area is 126 Å². The van der Waals surface area contributed by atoms with Gasteiger partial charge in [-0.1, -0.05) is 18.9 Å². The van der Waals surface area contributed by atoms with Crippen molar-refractivity contribution in [1.82, 2.24) is 15.3 Å². The molecule has 112 valence electrons. The Bertz CT molecular complexity index is 832. The average Bonchev–Trinajstić information content (AvgIpc) is 3.12. The van der Waals surface area contributed by atoms with Gasteiger partial charge in [-0.15, -0.1) is 0 Å². The molecular weight excluding hydrogens is 280 g/mol. The fourth-order valence-corrected chi connectivity index (χ4v) is 2.79. The monoisotopic (exact) mass is 296 g/mol. The van der Waals surface area contributed by atoms with Gasteiger partial charge >= 0.3 is 5.69 Å². The number of aromatic nitrogens is 2. The van der Waals surface area contributed by atoms with E-state index in [0.717, 1.165) is 25.7 Å². The van der Waals surface area contributed by atoms with Crippen molar-refractivity contribution in [3.8, 4) is 6.07 Å². The van der Waals surface area contributed by atoms with Crippen molar-refractivity contribution < 1.29 is 4.79 Å². The lowest BCUT2D eigenvalue weighted by Crippen LogP contribution is -2.33. The maximum Gasteiger partial charge on any atom is 0.323 e. The highest BCUT2D eigenvalue weighted by Crippen LogP contribution is 2.18. The Balaban J connectivity index is 1.83. The first-order chi connectivity index (χ1) is 10.7. The SMILES string of the molecule is N#C/C(=C\c1ccc2[nH]c(=O)[nH]c2c1)C(=O)NC1CCCC1. The lowest BCUT2D eigenvalue weighted by Gasteiger charge is -2.10. The predicted molar refractivity (Wildman–Crippen MR) is 82.9 cm³/mol. The quantitative estimate of drug-likeness (QED) is 0.594. The molecule has 1 aliphatic carbocycles. The predicted octanol–water partition coefficient (Wildman–Crippen LogP) is 1.82. The fraction of sp³-hybridized carbons (Fsp3) is 0.312. The van der Waals surface area contributed by atoms with Crippen LogP contribution >= 0.6 is 0 Å². The summed E-state index contributed by atoms with van der Waals surface area (Å²) in [6.07, 6.45) is 5.72. The first-order valence-corrected chi connectivity index (χ1v) is 7.30. The number of amides is 1. The molecule has 1 fully saturated rings. The third kappa shape index (κ3) is 2.93. The number of imidazole rings is 1. The maximum absolute atomic E-state index is 12.1. The van der Waals surface area contributed by atoms with Crippen molar-refractivity contribution in [2.24, 2.45) is 0 Å². The summed E-state index contributed by atoms with van der Waals surface area (Å²) in [6, 6.07) is 7.35. The number of fused-ring (bicyclic) bond motifs is 1. The van der Waals surface area contributed by atoms with E-state index in [1.54, 1.807) is 18.2 Å². The number of carbonyl (C=O) groups excluding carboxylic acids is 1. The number of benzene rings is 1. The molecule has 1 aliphatic rings. The molecule has 22 heavy (non-hydrogen) atoms. The molecule has 3 N–H and O–H groups in total. The molecule has 6 nitrogen and oxygen atoms in total. The molecule has 1 heterocycles. The molecule has 3 rings (SSSR count). The van der Waals surface area contributed by atoms with Gasteiger partial charge in [0.15, 0.2) is 0 Å². The Morgan fingerprint density at radius 1 is 1.27 bits per heavy atom. The molecule has 0 bridgehead atoms. The van der Waals surface area contributed by atoms with Gasteiger partial charge in [-0.2, -0.15) is 5.26 Å². The molecule has 0 radical (unpaired) electrons. The first-order valence-electron chi connectivity index (χ1n) is 7.30. The van der Waals surface area contributed by atoms with E-state index in [0.29, 0.717) is 16.6 Å². The van der Waals surface area contributed by atoms with E-state index in [-0.39, 0.29) is 23.2 Å². The van der Waals surface area contributed by atoms with E-state index in [4.69, 9.17) is 0 Å². The van der Waals surface area contributed by atoms with Crippen LogP contribution in [-0.4, -0.2) is 21.9 Å². The van der Waals surface area contributed by atoms with Crippen LogP contribution in [0.25, 0.3) is 17.1 Å². The van der Waals surface area contributed by atoms with Crippen molar-refractivity contribution >= 4 is 23.0 Å². The highest BCUT2D eigenvalue weighted by molar-refractivity contribution is 6.02. The van der Waals surface area contributed by atoms with Crippen molar-refractivity contribution in [2.75, 3.05) is 0 Å². The van der Waals surface area contributed by atoms with E-state index in [1.165, 1.54) is 6.08 Å². The number of nitriles is 1. The Morgan fingerprint density at radius 3 is 2.73 bits per heavy atom. The highest BCUT2D eigenvalue weighted by Gasteiger charge is 2.19. The molecule has 2 aromatic rings. The van der Waals surface area contributed by atoms with E-state index >= 15 is 0 Å². The number of aromatic amines is 2. The zero-order valence-electron chi connectivity index (χ0n) is 12.0. The van der Waals surface area contributed by atoms with Gasteiger partial charge in [0, 0.05) is 6.04 Å². The second-order valence-electron chi connectivity index (χ2n) is 5.51. The molecule has 6 heteroatoms. The largest absolute Gasteiger partial charge is 0.349 e. The van der Waals surface area contributed by atoms with Crippen LogP contribution in [-0.2, 0) is 4.79 Å². The topological polar surface area (TPSA) is 102 Å². The molecule has 0 aliphatic heterocycles. The Kier molecular flexibility index (Phi) is 3.79. The van der Waals surface area contributed by atoms with Gasteiger partial charge in [0.25, 0.3) is 5.91 Å². The minimum atomic E-state index is -0.336. The fourth-order valence-electron chi connectivity index (χ4n) is 2.79. The van der Waals surface area contributed by atoms with Gasteiger partial charge in [0.2, 0.25) is 0 Å². The standard InChI is InChI=1S/C16H16N4O2/c17-9-11(15(21)18-12-3-1-2-4-12)7-10-5-6-13-14(8-10)20-16(22)19-13/h5-8,12H,1-4H2,(H,18,21)(H2,19,20,22)/b11-7+. The normalized spacial score (nSPS) is 15.9. The van der Waals surface area contributed by atoms with Crippen molar-refractivity contribution in [2.45, 2.75) is 31.7 Å². The van der Waals surface area contributed by atoms with E-state index in [2.05, 4.69) is 15.3 Å². The van der Waals surface area contributed by atoms with Crippen LogP contribution in [0.4, 0.5) is 0 Å². The number of nitrogens with zero attached hydrogens (tertiary/aromatic N) is 1. The maximum atomic E-state index is 12.1. The molecule has 0 unspecified atom stereocenters. The Hall–Kier alpha value is -2.81. The van der Waals surface area contributed by atoms with Gasteiger partial charge in [0.1, 0.15) is 11.6 Å². The summed E-state index contributed by atoms with van der Waals surface area (Å²) in [5, 5.41) is 12.1. The zero-order chi connectivity index (χ0) is 15.5. The summed E-state index contributed by atoms with van der Waals surface area (Å²) < 4.78 is 0. The number of rotatable bonds is 3. The van der Waals surface area contributed by atoms with Crippen LogP contribution in [0.5, 0.6) is 0 Å². The van der Waals surface area contributed by atoms with Crippen molar-refractivity contribution in [3.05, 3.63) is 39.8 Å². The zero-order valence-corrected chi connectivity index (χ0v) is 12.0. The second-order valence-corrected chi connectivity index (χ2v) is 5.51. The molecule has 0 atom stereocenters. The van der Waals surface area contributed by atoms with Gasteiger partial charge < -0.3 is 15.3 Å². The second kappa shape index (κ2) is 5.90. The van der Waals surface area contributed by atoms with Crippen LogP contribution in [0.2, 0.25) is 0 Å². The summed E-state index contributed by atoms with van der Waals surface area (Å²) in [7, 11) is 0. The van der Waals surface area contributed by atoms with Crippen LogP contribution in [0.3, 0.4) is 0 Å². The lowest BCUT2D eigenvalue weighted by atomic mass is 10.1. The third-order valence-electron chi connectivity index (χ3n) is 3.91. The molecule has 0 saturated heterocycles. The van der Waals surface area contributed by atoms with E-state index in [9.17, 15) is 14.9 Å². The van der Waals surface area contributed by atoms with Gasteiger partial charge in [0.05, 0.1) is 11.0 Å².